The Hall–Kier alpha value is -2.43. The monoisotopic (exact) mass is 355 g/mol. The van der Waals surface area contributed by atoms with Crippen LogP contribution in [0, 0.1) is 0 Å². The minimum Gasteiger partial charge on any atom is -0.347 e. The smallest absolute Gasteiger partial charge is 0.252 e. The van der Waals surface area contributed by atoms with Crippen LogP contribution in [0.5, 0.6) is 0 Å². The highest BCUT2D eigenvalue weighted by Crippen LogP contribution is 2.17. The fourth-order valence-corrected chi connectivity index (χ4v) is 3.08. The number of carbonyl (C=O) groups excluding carboxylic acids is 2. The van der Waals surface area contributed by atoms with Gasteiger partial charge in [-0.1, -0.05) is 35.9 Å². The molecule has 120 valence electrons. The van der Waals surface area contributed by atoms with Crippen molar-refractivity contribution < 1.29 is 9.59 Å². The number of ketones is 1. The molecule has 0 spiro atoms. The summed E-state index contributed by atoms with van der Waals surface area (Å²) >= 11 is 7.43. The normalized spacial score (nSPS) is 10.4. The first-order chi connectivity index (χ1) is 11.6. The molecule has 3 aromatic rings. The minimum absolute atomic E-state index is 0.200. The Morgan fingerprint density at radius 3 is 2.29 bits per heavy atom. The molecule has 5 heteroatoms. The summed E-state index contributed by atoms with van der Waals surface area (Å²) < 4.78 is 0. The SMILES string of the molecule is O=C(NCc1cccs1)c1ccccc1C(=O)c1ccc(Cl)cc1. The van der Waals surface area contributed by atoms with Crippen molar-refractivity contribution in [1.82, 2.24) is 5.32 Å². The average Bonchev–Trinajstić information content (AvgIpc) is 3.13. The first kappa shape index (κ1) is 16.4. The van der Waals surface area contributed by atoms with E-state index >= 15 is 0 Å². The van der Waals surface area contributed by atoms with Crippen LogP contribution in [0.2, 0.25) is 5.02 Å². The fraction of sp³-hybridized carbons (Fsp3) is 0.0526. The van der Waals surface area contributed by atoms with Gasteiger partial charge in [-0.15, -0.1) is 11.3 Å². The maximum Gasteiger partial charge on any atom is 0.252 e. The number of amides is 1. The summed E-state index contributed by atoms with van der Waals surface area (Å²) in [4.78, 5) is 26.2. The van der Waals surface area contributed by atoms with Crippen LogP contribution in [0.1, 0.15) is 31.2 Å². The van der Waals surface area contributed by atoms with E-state index < -0.39 is 0 Å². The van der Waals surface area contributed by atoms with Gasteiger partial charge in [0.25, 0.3) is 5.91 Å². The predicted octanol–water partition coefficient (Wildman–Crippen LogP) is 4.56. The van der Waals surface area contributed by atoms with Gasteiger partial charge in [-0.3, -0.25) is 9.59 Å². The topological polar surface area (TPSA) is 46.2 Å². The summed E-state index contributed by atoms with van der Waals surface area (Å²) in [6.07, 6.45) is 0. The van der Waals surface area contributed by atoms with E-state index in [-0.39, 0.29) is 11.7 Å². The second-order valence-corrected chi connectivity index (χ2v) is 6.61. The molecule has 0 atom stereocenters. The van der Waals surface area contributed by atoms with Crippen LogP contribution in [-0.2, 0) is 6.54 Å². The molecule has 24 heavy (non-hydrogen) atoms. The molecule has 0 radical (unpaired) electrons. The van der Waals surface area contributed by atoms with Gasteiger partial charge in [-0.05, 0) is 41.8 Å². The summed E-state index contributed by atoms with van der Waals surface area (Å²) in [5, 5.41) is 5.38. The molecule has 0 aliphatic rings. The van der Waals surface area contributed by atoms with E-state index in [9.17, 15) is 9.59 Å². The molecular formula is C19H14ClNO2S. The zero-order valence-corrected chi connectivity index (χ0v) is 14.2. The Morgan fingerprint density at radius 1 is 0.917 bits per heavy atom. The Bertz CT molecular complexity index is 857. The number of thiophene rings is 1. The quantitative estimate of drug-likeness (QED) is 0.682. The van der Waals surface area contributed by atoms with Crippen molar-refractivity contribution in [1.29, 1.82) is 0 Å². The van der Waals surface area contributed by atoms with Crippen LogP contribution in [0.25, 0.3) is 0 Å². The molecule has 1 heterocycles. The molecule has 0 aliphatic heterocycles. The Labute approximate surface area is 148 Å². The fourth-order valence-electron chi connectivity index (χ4n) is 2.31. The maximum atomic E-state index is 12.7. The van der Waals surface area contributed by atoms with Crippen LogP contribution < -0.4 is 5.32 Å². The number of benzene rings is 2. The Kier molecular flexibility index (Phi) is 5.08. The molecule has 3 nitrogen and oxygen atoms in total. The van der Waals surface area contributed by atoms with Crippen molar-refractivity contribution in [2.75, 3.05) is 0 Å². The van der Waals surface area contributed by atoms with E-state index in [1.54, 1.807) is 59.9 Å². The van der Waals surface area contributed by atoms with Crippen molar-refractivity contribution in [3.8, 4) is 0 Å². The summed E-state index contributed by atoms with van der Waals surface area (Å²) in [6, 6.07) is 17.3. The second kappa shape index (κ2) is 7.43. The molecular weight excluding hydrogens is 342 g/mol. The standard InChI is InChI=1S/C19H14ClNO2S/c20-14-9-7-13(8-10-14)18(22)16-5-1-2-6-17(16)19(23)21-12-15-4-3-11-24-15/h1-11H,12H2,(H,21,23). The zero-order valence-electron chi connectivity index (χ0n) is 12.7. The van der Waals surface area contributed by atoms with Gasteiger partial charge in [0.1, 0.15) is 0 Å². The van der Waals surface area contributed by atoms with Gasteiger partial charge < -0.3 is 5.32 Å². The molecule has 0 saturated carbocycles. The third-order valence-corrected chi connectivity index (χ3v) is 4.65. The van der Waals surface area contributed by atoms with E-state index in [0.29, 0.717) is 28.3 Å². The van der Waals surface area contributed by atoms with Crippen molar-refractivity contribution in [2.45, 2.75) is 6.54 Å². The van der Waals surface area contributed by atoms with Gasteiger partial charge >= 0.3 is 0 Å². The molecule has 3 rings (SSSR count). The lowest BCUT2D eigenvalue weighted by Crippen LogP contribution is -2.24. The summed E-state index contributed by atoms with van der Waals surface area (Å²) in [5.41, 5.74) is 1.25. The number of halogens is 1. The first-order valence-corrected chi connectivity index (χ1v) is 8.61. The van der Waals surface area contributed by atoms with Gasteiger partial charge in [0.2, 0.25) is 0 Å². The van der Waals surface area contributed by atoms with Gasteiger partial charge in [0.15, 0.2) is 5.78 Å². The Morgan fingerprint density at radius 2 is 1.62 bits per heavy atom. The van der Waals surface area contributed by atoms with Crippen LogP contribution >= 0.6 is 22.9 Å². The summed E-state index contributed by atoms with van der Waals surface area (Å²) in [7, 11) is 0. The average molecular weight is 356 g/mol. The zero-order chi connectivity index (χ0) is 16.9. The first-order valence-electron chi connectivity index (χ1n) is 7.35. The second-order valence-electron chi connectivity index (χ2n) is 5.14. The molecule has 0 saturated heterocycles. The van der Waals surface area contributed by atoms with Crippen LogP contribution in [0.3, 0.4) is 0 Å². The molecule has 0 fully saturated rings. The highest BCUT2D eigenvalue weighted by atomic mass is 35.5. The van der Waals surface area contributed by atoms with E-state index in [1.165, 1.54) is 0 Å². The van der Waals surface area contributed by atoms with Crippen LogP contribution in [0.15, 0.2) is 66.0 Å². The molecule has 0 bridgehead atoms. The number of carbonyl (C=O) groups is 2. The lowest BCUT2D eigenvalue weighted by Gasteiger charge is -2.09. The predicted molar refractivity (Wildman–Crippen MR) is 96.8 cm³/mol. The van der Waals surface area contributed by atoms with Gasteiger partial charge in [0.05, 0.1) is 12.1 Å². The van der Waals surface area contributed by atoms with E-state index in [0.717, 1.165) is 4.88 Å². The summed E-state index contributed by atoms with van der Waals surface area (Å²) in [5.74, 6) is -0.463. The third-order valence-electron chi connectivity index (χ3n) is 3.53. The van der Waals surface area contributed by atoms with E-state index in [1.807, 2.05) is 17.5 Å². The number of hydrogen-bond acceptors (Lipinski definition) is 3. The molecule has 0 unspecified atom stereocenters. The lowest BCUT2D eigenvalue weighted by molar-refractivity contribution is 0.0940. The van der Waals surface area contributed by atoms with Crippen LogP contribution in [-0.4, -0.2) is 11.7 Å². The van der Waals surface area contributed by atoms with E-state index in [4.69, 9.17) is 11.6 Å². The van der Waals surface area contributed by atoms with Crippen LogP contribution in [0.4, 0.5) is 0 Å². The maximum absolute atomic E-state index is 12.7. The highest BCUT2D eigenvalue weighted by molar-refractivity contribution is 7.09. The summed E-state index contributed by atoms with van der Waals surface area (Å²) in [6.45, 7) is 0.444. The van der Waals surface area contributed by atoms with Gasteiger partial charge in [-0.25, -0.2) is 0 Å². The van der Waals surface area contributed by atoms with Crippen molar-refractivity contribution in [3.63, 3.8) is 0 Å². The number of rotatable bonds is 5. The molecule has 0 aliphatic carbocycles. The largest absolute Gasteiger partial charge is 0.347 e. The van der Waals surface area contributed by atoms with Gasteiger partial charge in [0, 0.05) is 21.0 Å². The molecule has 1 aromatic heterocycles. The molecule has 2 aromatic carbocycles. The van der Waals surface area contributed by atoms with Crippen molar-refractivity contribution in [2.24, 2.45) is 0 Å². The molecule has 1 amide bonds. The minimum atomic E-state index is -0.263. The molecule has 1 N–H and O–H groups in total. The number of hydrogen-bond donors (Lipinski definition) is 1. The number of nitrogens with one attached hydrogen (secondary N) is 1. The van der Waals surface area contributed by atoms with Crippen molar-refractivity contribution in [3.05, 3.63) is 92.6 Å². The van der Waals surface area contributed by atoms with E-state index in [2.05, 4.69) is 5.32 Å². The van der Waals surface area contributed by atoms with Crippen molar-refractivity contribution >= 4 is 34.6 Å². The van der Waals surface area contributed by atoms with Gasteiger partial charge in [-0.2, -0.15) is 0 Å². The third kappa shape index (κ3) is 3.72. The highest BCUT2D eigenvalue weighted by Gasteiger charge is 2.17. The Balaban J connectivity index is 1.83. The lowest BCUT2D eigenvalue weighted by atomic mass is 9.98.